The van der Waals surface area contributed by atoms with Gasteiger partial charge in [0, 0.05) is 18.8 Å². The Morgan fingerprint density at radius 1 is 1.20 bits per heavy atom. The Labute approximate surface area is 92.3 Å². The molecule has 0 heterocycles. The summed E-state index contributed by atoms with van der Waals surface area (Å²) in [4.78, 5) is 0. The second kappa shape index (κ2) is 6.46. The molecule has 0 saturated carbocycles. The van der Waals surface area contributed by atoms with Crippen molar-refractivity contribution in [3.8, 4) is 0 Å². The van der Waals surface area contributed by atoms with Crippen LogP contribution in [-0.4, -0.2) is 18.3 Å². The lowest BCUT2D eigenvalue weighted by molar-refractivity contribution is 0.292. The van der Waals surface area contributed by atoms with E-state index < -0.39 is 0 Å². The minimum atomic E-state index is 0.248. The van der Waals surface area contributed by atoms with Gasteiger partial charge in [-0.2, -0.15) is 0 Å². The first kappa shape index (κ1) is 12.1. The fourth-order valence-corrected chi connectivity index (χ4v) is 1.54. The molecule has 1 rings (SSSR count). The first-order valence-electron chi connectivity index (χ1n) is 5.66. The maximum Gasteiger partial charge on any atom is 0.0447 e. The molecular formula is C13H21NO. The van der Waals surface area contributed by atoms with Crippen LogP contribution in [0.1, 0.15) is 25.8 Å². The van der Waals surface area contributed by atoms with Crippen LogP contribution in [0.15, 0.2) is 24.3 Å². The SMILES string of the molecule is CC(C)Cc1ccc(NCCCO)cc1. The van der Waals surface area contributed by atoms with E-state index in [1.807, 2.05) is 0 Å². The highest BCUT2D eigenvalue weighted by Crippen LogP contribution is 2.12. The van der Waals surface area contributed by atoms with Crippen molar-refractivity contribution in [2.24, 2.45) is 5.92 Å². The minimum Gasteiger partial charge on any atom is -0.396 e. The molecular weight excluding hydrogens is 186 g/mol. The summed E-state index contributed by atoms with van der Waals surface area (Å²) in [6.45, 7) is 5.54. The largest absolute Gasteiger partial charge is 0.396 e. The number of hydrogen-bond donors (Lipinski definition) is 2. The number of anilines is 1. The summed E-state index contributed by atoms with van der Waals surface area (Å²) in [6, 6.07) is 8.55. The molecule has 2 N–H and O–H groups in total. The maximum atomic E-state index is 8.65. The number of aliphatic hydroxyl groups excluding tert-OH is 1. The summed E-state index contributed by atoms with van der Waals surface area (Å²) in [5, 5.41) is 11.9. The summed E-state index contributed by atoms with van der Waals surface area (Å²) in [7, 11) is 0. The van der Waals surface area contributed by atoms with Crippen molar-refractivity contribution < 1.29 is 5.11 Å². The molecule has 0 radical (unpaired) electrons. The van der Waals surface area contributed by atoms with E-state index in [2.05, 4.69) is 43.4 Å². The average Bonchev–Trinajstić information content (AvgIpc) is 2.20. The van der Waals surface area contributed by atoms with Gasteiger partial charge in [0.2, 0.25) is 0 Å². The Kier molecular flexibility index (Phi) is 5.19. The molecule has 15 heavy (non-hydrogen) atoms. The van der Waals surface area contributed by atoms with Gasteiger partial charge in [-0.3, -0.25) is 0 Å². The second-order valence-corrected chi connectivity index (χ2v) is 4.30. The molecule has 2 nitrogen and oxygen atoms in total. The molecule has 1 aromatic rings. The molecule has 84 valence electrons. The van der Waals surface area contributed by atoms with Crippen molar-refractivity contribution >= 4 is 5.69 Å². The van der Waals surface area contributed by atoms with Gasteiger partial charge in [0.05, 0.1) is 0 Å². The number of rotatable bonds is 6. The molecule has 2 heteroatoms. The van der Waals surface area contributed by atoms with Crippen LogP contribution >= 0.6 is 0 Å². The highest BCUT2D eigenvalue weighted by atomic mass is 16.3. The van der Waals surface area contributed by atoms with Crippen LogP contribution in [0.4, 0.5) is 5.69 Å². The second-order valence-electron chi connectivity index (χ2n) is 4.30. The molecule has 0 unspecified atom stereocenters. The quantitative estimate of drug-likeness (QED) is 0.703. The van der Waals surface area contributed by atoms with Crippen molar-refractivity contribution in [2.45, 2.75) is 26.7 Å². The Morgan fingerprint density at radius 2 is 1.87 bits per heavy atom. The molecule has 0 bridgehead atoms. The third-order valence-corrected chi connectivity index (χ3v) is 2.26. The van der Waals surface area contributed by atoms with Gasteiger partial charge in [0.15, 0.2) is 0 Å². The zero-order valence-corrected chi connectivity index (χ0v) is 9.66. The molecule has 0 aromatic heterocycles. The Balaban J connectivity index is 2.42. The Bertz CT molecular complexity index is 266. The standard InChI is InChI=1S/C13H21NO/c1-11(2)10-12-4-6-13(7-5-12)14-8-3-9-15/h4-7,11,14-15H,3,8-10H2,1-2H3. The predicted octanol–water partition coefficient (Wildman–Crippen LogP) is 2.68. The Morgan fingerprint density at radius 3 is 2.40 bits per heavy atom. The maximum absolute atomic E-state index is 8.65. The van der Waals surface area contributed by atoms with Crippen LogP contribution in [-0.2, 0) is 6.42 Å². The number of aliphatic hydroxyl groups is 1. The van der Waals surface area contributed by atoms with Gasteiger partial charge in [0.1, 0.15) is 0 Å². The molecule has 0 saturated heterocycles. The van der Waals surface area contributed by atoms with Crippen molar-refractivity contribution in [3.05, 3.63) is 29.8 Å². The van der Waals surface area contributed by atoms with Gasteiger partial charge in [-0.1, -0.05) is 26.0 Å². The summed E-state index contributed by atoms with van der Waals surface area (Å²) >= 11 is 0. The van der Waals surface area contributed by atoms with E-state index >= 15 is 0 Å². The van der Waals surface area contributed by atoms with Crippen molar-refractivity contribution in [1.82, 2.24) is 0 Å². The van der Waals surface area contributed by atoms with Gasteiger partial charge in [-0.15, -0.1) is 0 Å². The van der Waals surface area contributed by atoms with Gasteiger partial charge in [-0.05, 0) is 36.5 Å². The van der Waals surface area contributed by atoms with E-state index in [4.69, 9.17) is 5.11 Å². The summed E-state index contributed by atoms with van der Waals surface area (Å²) < 4.78 is 0. The zero-order valence-electron chi connectivity index (χ0n) is 9.66. The first-order chi connectivity index (χ1) is 7.22. The highest BCUT2D eigenvalue weighted by Gasteiger charge is 1.97. The molecule has 1 aromatic carbocycles. The van der Waals surface area contributed by atoms with Crippen molar-refractivity contribution in [1.29, 1.82) is 0 Å². The third-order valence-electron chi connectivity index (χ3n) is 2.26. The molecule has 0 atom stereocenters. The first-order valence-corrected chi connectivity index (χ1v) is 5.66. The van der Waals surface area contributed by atoms with E-state index in [1.165, 1.54) is 5.56 Å². The fraction of sp³-hybridized carbons (Fsp3) is 0.538. The van der Waals surface area contributed by atoms with Gasteiger partial charge < -0.3 is 10.4 Å². The molecule has 0 spiro atoms. The smallest absolute Gasteiger partial charge is 0.0447 e. The van der Waals surface area contributed by atoms with Crippen LogP contribution in [0.25, 0.3) is 0 Å². The summed E-state index contributed by atoms with van der Waals surface area (Å²) in [5.74, 6) is 0.707. The number of benzene rings is 1. The van der Waals surface area contributed by atoms with Crippen molar-refractivity contribution in [3.63, 3.8) is 0 Å². The van der Waals surface area contributed by atoms with Crippen LogP contribution in [0, 0.1) is 5.92 Å². The lowest BCUT2D eigenvalue weighted by Crippen LogP contribution is -2.03. The lowest BCUT2D eigenvalue weighted by atomic mass is 10.0. The van der Waals surface area contributed by atoms with E-state index in [9.17, 15) is 0 Å². The molecule has 0 fully saturated rings. The third kappa shape index (κ3) is 4.84. The van der Waals surface area contributed by atoms with Crippen LogP contribution in [0.3, 0.4) is 0 Å². The normalized spacial score (nSPS) is 10.7. The topological polar surface area (TPSA) is 32.3 Å². The fourth-order valence-electron chi connectivity index (χ4n) is 1.54. The van der Waals surface area contributed by atoms with E-state index in [0.717, 1.165) is 25.1 Å². The van der Waals surface area contributed by atoms with E-state index in [-0.39, 0.29) is 6.61 Å². The zero-order chi connectivity index (χ0) is 11.1. The van der Waals surface area contributed by atoms with Crippen LogP contribution in [0.2, 0.25) is 0 Å². The van der Waals surface area contributed by atoms with E-state index in [1.54, 1.807) is 0 Å². The highest BCUT2D eigenvalue weighted by molar-refractivity contribution is 5.44. The van der Waals surface area contributed by atoms with Crippen LogP contribution < -0.4 is 5.32 Å². The summed E-state index contributed by atoms with van der Waals surface area (Å²) in [5.41, 5.74) is 2.52. The van der Waals surface area contributed by atoms with Gasteiger partial charge in [0.25, 0.3) is 0 Å². The minimum absolute atomic E-state index is 0.248. The predicted molar refractivity (Wildman–Crippen MR) is 65.2 cm³/mol. The molecule has 0 aliphatic heterocycles. The Hall–Kier alpha value is -1.02. The number of nitrogens with one attached hydrogen (secondary N) is 1. The lowest BCUT2D eigenvalue weighted by Gasteiger charge is -2.08. The van der Waals surface area contributed by atoms with E-state index in [0.29, 0.717) is 5.92 Å². The average molecular weight is 207 g/mol. The number of hydrogen-bond acceptors (Lipinski definition) is 2. The van der Waals surface area contributed by atoms with Gasteiger partial charge >= 0.3 is 0 Å². The molecule has 0 aliphatic carbocycles. The van der Waals surface area contributed by atoms with Gasteiger partial charge in [-0.25, -0.2) is 0 Å². The van der Waals surface area contributed by atoms with Crippen LogP contribution in [0.5, 0.6) is 0 Å². The van der Waals surface area contributed by atoms with Crippen molar-refractivity contribution in [2.75, 3.05) is 18.5 Å². The monoisotopic (exact) mass is 207 g/mol. The summed E-state index contributed by atoms with van der Waals surface area (Å²) in [6.07, 6.45) is 1.94. The molecule has 0 amide bonds. The molecule has 0 aliphatic rings.